The highest BCUT2D eigenvalue weighted by molar-refractivity contribution is 8.13. The molecular weight excluding hydrogens is 425 g/mol. The fourth-order valence-corrected chi connectivity index (χ4v) is 3.98. The predicted molar refractivity (Wildman–Crippen MR) is 112 cm³/mol. The SMILES string of the molecule is N=C(N)SCc1cc(F)ccc1Sc1c(COC(=S)NN)cccc1[N+](=O)[O-]. The normalized spacial score (nSPS) is 10.4. The van der Waals surface area contributed by atoms with Crippen molar-refractivity contribution in [3.63, 3.8) is 0 Å². The van der Waals surface area contributed by atoms with E-state index in [-0.39, 0.29) is 28.4 Å². The van der Waals surface area contributed by atoms with Crippen LogP contribution < -0.4 is 17.0 Å². The van der Waals surface area contributed by atoms with E-state index in [0.717, 1.165) is 23.5 Å². The fourth-order valence-electron chi connectivity index (χ4n) is 2.16. The van der Waals surface area contributed by atoms with Gasteiger partial charge in [-0.05, 0) is 36.0 Å². The maximum Gasteiger partial charge on any atom is 0.283 e. The van der Waals surface area contributed by atoms with E-state index in [1.807, 2.05) is 0 Å². The van der Waals surface area contributed by atoms with Gasteiger partial charge in [-0.25, -0.2) is 10.2 Å². The molecule has 2 rings (SSSR count). The lowest BCUT2D eigenvalue weighted by Gasteiger charge is -2.13. The minimum atomic E-state index is -0.501. The molecule has 0 spiro atoms. The Morgan fingerprint density at radius 3 is 2.75 bits per heavy atom. The summed E-state index contributed by atoms with van der Waals surface area (Å²) < 4.78 is 19.0. The van der Waals surface area contributed by atoms with Gasteiger partial charge in [-0.1, -0.05) is 35.7 Å². The number of hydrazine groups is 1. The second kappa shape index (κ2) is 10.2. The number of nitrogens with zero attached hydrogens (tertiary/aromatic N) is 1. The summed E-state index contributed by atoms with van der Waals surface area (Å²) in [5, 5.41) is 18.7. The minimum absolute atomic E-state index is 0.0359. The second-order valence-electron chi connectivity index (χ2n) is 5.25. The van der Waals surface area contributed by atoms with Gasteiger partial charge in [-0.3, -0.25) is 20.9 Å². The third kappa shape index (κ3) is 6.05. The largest absolute Gasteiger partial charge is 0.465 e. The maximum atomic E-state index is 13.7. The zero-order chi connectivity index (χ0) is 20.7. The third-order valence-corrected chi connectivity index (χ3v) is 5.66. The Hall–Kier alpha value is -2.41. The molecule has 0 heterocycles. The average Bonchev–Trinajstić information content (AvgIpc) is 2.66. The summed E-state index contributed by atoms with van der Waals surface area (Å²) in [5.41, 5.74) is 8.50. The summed E-state index contributed by atoms with van der Waals surface area (Å²) in [7, 11) is 0. The Kier molecular flexibility index (Phi) is 7.99. The van der Waals surface area contributed by atoms with Crippen molar-refractivity contribution in [2.75, 3.05) is 0 Å². The van der Waals surface area contributed by atoms with Crippen LogP contribution in [0.5, 0.6) is 0 Å². The van der Waals surface area contributed by atoms with E-state index < -0.39 is 10.7 Å². The molecule has 2 aromatic carbocycles. The number of nitrogens with two attached hydrogens (primary N) is 2. The lowest BCUT2D eigenvalue weighted by Crippen LogP contribution is -2.30. The van der Waals surface area contributed by atoms with Crippen LogP contribution in [0.1, 0.15) is 11.1 Å². The van der Waals surface area contributed by atoms with Gasteiger partial charge < -0.3 is 10.5 Å². The van der Waals surface area contributed by atoms with Crippen molar-refractivity contribution in [2.24, 2.45) is 11.6 Å². The predicted octanol–water partition coefficient (Wildman–Crippen LogP) is 3.28. The van der Waals surface area contributed by atoms with Crippen LogP contribution in [0.2, 0.25) is 0 Å². The molecule has 148 valence electrons. The van der Waals surface area contributed by atoms with E-state index in [0.29, 0.717) is 20.9 Å². The van der Waals surface area contributed by atoms with E-state index in [1.54, 1.807) is 6.07 Å². The molecule has 8 nitrogen and oxygen atoms in total. The molecule has 0 atom stereocenters. The van der Waals surface area contributed by atoms with Crippen molar-refractivity contribution < 1.29 is 14.1 Å². The summed E-state index contributed by atoms with van der Waals surface area (Å²) in [5.74, 6) is 4.98. The number of amidine groups is 1. The zero-order valence-corrected chi connectivity index (χ0v) is 16.8. The molecule has 0 bridgehead atoms. The maximum absolute atomic E-state index is 13.7. The first-order valence-electron chi connectivity index (χ1n) is 7.64. The Labute approximate surface area is 173 Å². The number of thiocarbonyl (C=S) groups is 1. The molecular formula is C16H16FN5O3S3. The Morgan fingerprint density at radius 1 is 1.36 bits per heavy atom. The standard InChI is InChI=1S/C16H16FN5O3S3/c17-11-4-5-13(10(6-11)8-27-15(18)19)28-14-9(7-25-16(26)21-20)2-1-3-12(14)22(23)24/h1-6H,7-8,20H2,(H3,18,19)(H,21,26). The summed E-state index contributed by atoms with van der Waals surface area (Å²) in [4.78, 5) is 11.9. The minimum Gasteiger partial charge on any atom is -0.465 e. The number of nitro benzene ring substituents is 1. The lowest BCUT2D eigenvalue weighted by atomic mass is 10.2. The van der Waals surface area contributed by atoms with Crippen molar-refractivity contribution >= 4 is 51.8 Å². The molecule has 0 radical (unpaired) electrons. The highest BCUT2D eigenvalue weighted by Crippen LogP contribution is 2.40. The summed E-state index contributed by atoms with van der Waals surface area (Å²) in [6, 6.07) is 8.70. The van der Waals surface area contributed by atoms with Gasteiger partial charge in [0.15, 0.2) is 5.17 Å². The van der Waals surface area contributed by atoms with Crippen molar-refractivity contribution in [3.8, 4) is 0 Å². The monoisotopic (exact) mass is 441 g/mol. The van der Waals surface area contributed by atoms with Crippen LogP contribution in [-0.2, 0) is 17.1 Å². The van der Waals surface area contributed by atoms with Gasteiger partial charge in [0.05, 0.1) is 9.82 Å². The van der Waals surface area contributed by atoms with Crippen LogP contribution in [-0.4, -0.2) is 15.3 Å². The van der Waals surface area contributed by atoms with E-state index >= 15 is 0 Å². The quantitative estimate of drug-likeness (QED) is 0.127. The van der Waals surface area contributed by atoms with Crippen LogP contribution >= 0.6 is 35.7 Å². The number of thioether (sulfide) groups is 1. The van der Waals surface area contributed by atoms with Crippen LogP contribution in [0.3, 0.4) is 0 Å². The molecule has 0 aliphatic rings. The number of benzene rings is 2. The molecule has 2 aromatic rings. The number of hydrogen-bond donors (Lipinski definition) is 4. The summed E-state index contributed by atoms with van der Waals surface area (Å²) in [6.45, 7) is -0.0359. The average molecular weight is 442 g/mol. The molecule has 0 aliphatic carbocycles. The van der Waals surface area contributed by atoms with Gasteiger partial charge in [0.1, 0.15) is 12.4 Å². The van der Waals surface area contributed by atoms with Gasteiger partial charge in [0, 0.05) is 22.3 Å². The van der Waals surface area contributed by atoms with E-state index in [9.17, 15) is 14.5 Å². The highest BCUT2D eigenvalue weighted by Gasteiger charge is 2.21. The Bertz CT molecular complexity index is 913. The number of halogens is 1. The Balaban J connectivity index is 2.42. The molecule has 0 unspecified atom stereocenters. The van der Waals surface area contributed by atoms with E-state index in [2.05, 4.69) is 5.43 Å². The van der Waals surface area contributed by atoms with E-state index in [4.69, 9.17) is 33.9 Å². The molecule has 12 heteroatoms. The van der Waals surface area contributed by atoms with Crippen molar-refractivity contribution in [1.82, 2.24) is 5.43 Å². The summed E-state index contributed by atoms with van der Waals surface area (Å²) >= 11 is 6.97. The van der Waals surface area contributed by atoms with Crippen molar-refractivity contribution in [1.29, 1.82) is 5.41 Å². The van der Waals surface area contributed by atoms with Gasteiger partial charge in [0.2, 0.25) is 0 Å². The van der Waals surface area contributed by atoms with Crippen LogP contribution in [0.25, 0.3) is 0 Å². The Morgan fingerprint density at radius 2 is 2.11 bits per heavy atom. The van der Waals surface area contributed by atoms with Crippen LogP contribution in [0, 0.1) is 21.3 Å². The fraction of sp³-hybridized carbons (Fsp3) is 0.125. The lowest BCUT2D eigenvalue weighted by molar-refractivity contribution is -0.387. The molecule has 0 aliphatic heterocycles. The van der Waals surface area contributed by atoms with E-state index in [1.165, 1.54) is 30.3 Å². The smallest absolute Gasteiger partial charge is 0.283 e. The van der Waals surface area contributed by atoms with Crippen molar-refractivity contribution in [3.05, 3.63) is 63.5 Å². The molecule has 6 N–H and O–H groups in total. The van der Waals surface area contributed by atoms with Crippen molar-refractivity contribution in [2.45, 2.75) is 22.2 Å². The highest BCUT2D eigenvalue weighted by atomic mass is 32.2. The van der Waals surface area contributed by atoms with Gasteiger partial charge in [-0.2, -0.15) is 0 Å². The topological polar surface area (TPSA) is 140 Å². The number of hydrogen-bond acceptors (Lipinski definition) is 8. The molecule has 0 aromatic heterocycles. The first-order chi connectivity index (χ1) is 13.3. The van der Waals surface area contributed by atoms with Crippen LogP contribution in [0.15, 0.2) is 46.2 Å². The van der Waals surface area contributed by atoms with Gasteiger partial charge >= 0.3 is 0 Å². The van der Waals surface area contributed by atoms with Gasteiger partial charge in [-0.15, -0.1) is 0 Å². The molecule has 0 saturated carbocycles. The number of nitrogens with one attached hydrogen (secondary N) is 2. The summed E-state index contributed by atoms with van der Waals surface area (Å²) in [6.07, 6.45) is 0. The third-order valence-electron chi connectivity index (χ3n) is 3.37. The van der Waals surface area contributed by atoms with Gasteiger partial charge in [0.25, 0.3) is 10.9 Å². The number of rotatable bonds is 7. The molecule has 28 heavy (non-hydrogen) atoms. The molecule has 0 amide bonds. The number of nitro groups is 1. The first-order valence-corrected chi connectivity index (χ1v) is 9.85. The zero-order valence-electron chi connectivity index (χ0n) is 14.3. The first kappa shape index (κ1) is 21.9. The number of ether oxygens (including phenoxy) is 1. The second-order valence-corrected chi connectivity index (χ2v) is 7.69. The van der Waals surface area contributed by atoms with Crippen LogP contribution in [0.4, 0.5) is 10.1 Å². The molecule has 0 fully saturated rings. The molecule has 0 saturated heterocycles.